The Labute approximate surface area is 176 Å². The van der Waals surface area contributed by atoms with E-state index in [9.17, 15) is 18.0 Å². The third-order valence-corrected chi connectivity index (χ3v) is 6.41. The molecule has 0 atom stereocenters. The zero-order valence-electron chi connectivity index (χ0n) is 15.4. The minimum absolute atomic E-state index is 0.0428. The highest BCUT2D eigenvalue weighted by molar-refractivity contribution is 9.10. The first-order valence-corrected chi connectivity index (χ1v) is 10.8. The Hall–Kier alpha value is -2.91. The molecule has 0 bridgehead atoms. The van der Waals surface area contributed by atoms with Crippen LogP contribution in [0.1, 0.15) is 0 Å². The number of hydrogen-bond donors (Lipinski definition) is 1. The SMILES string of the molecule is CN(c1ccccc1)S(=O)(=O)c1cccc(NC(=O)Cn2cc(Br)ccc2=O)c1. The normalized spacial score (nSPS) is 11.1. The van der Waals surface area contributed by atoms with Gasteiger partial charge in [0.05, 0.1) is 10.6 Å². The second-order valence-electron chi connectivity index (χ2n) is 6.20. The highest BCUT2D eigenvalue weighted by Crippen LogP contribution is 2.23. The predicted octanol–water partition coefficient (Wildman–Crippen LogP) is 3.07. The number of carbonyl (C=O) groups is 1. The van der Waals surface area contributed by atoms with Crippen LogP contribution in [0.4, 0.5) is 11.4 Å². The number of halogens is 1. The lowest BCUT2D eigenvalue weighted by Crippen LogP contribution is -2.27. The molecule has 0 saturated heterocycles. The molecule has 29 heavy (non-hydrogen) atoms. The molecule has 0 unspecified atom stereocenters. The number of hydrogen-bond acceptors (Lipinski definition) is 4. The fourth-order valence-electron chi connectivity index (χ4n) is 2.65. The van der Waals surface area contributed by atoms with E-state index in [1.165, 1.54) is 40.3 Å². The van der Waals surface area contributed by atoms with Crippen molar-refractivity contribution in [2.24, 2.45) is 0 Å². The number of sulfonamides is 1. The lowest BCUT2D eigenvalue weighted by molar-refractivity contribution is -0.116. The number of carbonyl (C=O) groups excluding carboxylic acids is 1. The highest BCUT2D eigenvalue weighted by atomic mass is 79.9. The number of rotatable bonds is 6. The van der Waals surface area contributed by atoms with Crippen LogP contribution >= 0.6 is 15.9 Å². The lowest BCUT2D eigenvalue weighted by Gasteiger charge is -2.20. The zero-order chi connectivity index (χ0) is 21.0. The molecule has 1 N–H and O–H groups in total. The number of nitrogens with one attached hydrogen (secondary N) is 1. The Kier molecular flexibility index (Phi) is 6.19. The average Bonchev–Trinajstić information content (AvgIpc) is 2.71. The Morgan fingerprint density at radius 2 is 1.79 bits per heavy atom. The minimum atomic E-state index is -3.80. The Balaban J connectivity index is 1.79. The molecule has 3 aromatic rings. The summed E-state index contributed by atoms with van der Waals surface area (Å²) in [5, 5.41) is 2.63. The second-order valence-corrected chi connectivity index (χ2v) is 9.08. The lowest BCUT2D eigenvalue weighted by atomic mass is 10.3. The first-order valence-electron chi connectivity index (χ1n) is 8.57. The second kappa shape index (κ2) is 8.62. The molecule has 0 aliphatic carbocycles. The van der Waals surface area contributed by atoms with Crippen LogP contribution in [0, 0.1) is 0 Å². The summed E-state index contributed by atoms with van der Waals surface area (Å²) in [5.41, 5.74) is 0.528. The van der Waals surface area contributed by atoms with Gasteiger partial charge in [-0.1, -0.05) is 24.3 Å². The van der Waals surface area contributed by atoms with Crippen LogP contribution in [-0.2, 0) is 21.4 Å². The molecule has 9 heteroatoms. The van der Waals surface area contributed by atoms with E-state index in [0.29, 0.717) is 15.8 Å². The van der Waals surface area contributed by atoms with Crippen LogP contribution in [0.15, 0.2) is 87.1 Å². The maximum atomic E-state index is 12.9. The van der Waals surface area contributed by atoms with E-state index in [1.807, 2.05) is 0 Å². The summed E-state index contributed by atoms with van der Waals surface area (Å²) in [6.45, 7) is -0.195. The van der Waals surface area contributed by atoms with E-state index < -0.39 is 15.9 Å². The molecule has 1 aromatic heterocycles. The first-order chi connectivity index (χ1) is 13.8. The molecule has 0 saturated carbocycles. The number of pyridine rings is 1. The topological polar surface area (TPSA) is 88.5 Å². The Morgan fingerprint density at radius 3 is 2.52 bits per heavy atom. The molecule has 2 aromatic carbocycles. The number of amides is 1. The van der Waals surface area contributed by atoms with Gasteiger partial charge in [-0.3, -0.25) is 13.9 Å². The molecule has 3 rings (SSSR count). The standard InChI is InChI=1S/C20H18BrN3O4S/c1-23(17-7-3-2-4-8-17)29(27,28)18-9-5-6-16(12-18)22-19(25)14-24-13-15(21)10-11-20(24)26/h2-13H,14H2,1H3,(H,22,25). The van der Waals surface area contributed by atoms with Gasteiger partial charge >= 0.3 is 0 Å². The molecule has 0 aliphatic rings. The Bertz CT molecular complexity index is 1190. The molecule has 150 valence electrons. The van der Waals surface area contributed by atoms with E-state index in [4.69, 9.17) is 0 Å². The van der Waals surface area contributed by atoms with Crippen molar-refractivity contribution in [1.29, 1.82) is 0 Å². The van der Waals surface area contributed by atoms with Gasteiger partial charge in [0.1, 0.15) is 6.54 Å². The molecule has 0 fully saturated rings. The average molecular weight is 476 g/mol. The van der Waals surface area contributed by atoms with Gasteiger partial charge in [0.2, 0.25) is 5.91 Å². The summed E-state index contributed by atoms with van der Waals surface area (Å²) in [6.07, 6.45) is 1.51. The number of aromatic nitrogens is 1. The third kappa shape index (κ3) is 4.93. The third-order valence-electron chi connectivity index (χ3n) is 4.16. The van der Waals surface area contributed by atoms with Crippen molar-refractivity contribution in [3.05, 3.63) is 87.8 Å². The van der Waals surface area contributed by atoms with Crippen LogP contribution in [0.5, 0.6) is 0 Å². The molecule has 0 aliphatic heterocycles. The van der Waals surface area contributed by atoms with E-state index >= 15 is 0 Å². The van der Waals surface area contributed by atoms with Gasteiger partial charge in [-0.25, -0.2) is 8.42 Å². The van der Waals surface area contributed by atoms with Crippen LogP contribution in [0.3, 0.4) is 0 Å². The summed E-state index contributed by atoms with van der Waals surface area (Å²) in [6, 6.07) is 17.6. The zero-order valence-corrected chi connectivity index (χ0v) is 17.9. The largest absolute Gasteiger partial charge is 0.324 e. The van der Waals surface area contributed by atoms with Crippen molar-refractivity contribution < 1.29 is 13.2 Å². The molecule has 1 heterocycles. The fraction of sp³-hybridized carbons (Fsp3) is 0.100. The highest BCUT2D eigenvalue weighted by Gasteiger charge is 2.21. The summed E-state index contributed by atoms with van der Waals surface area (Å²) in [5.74, 6) is -0.448. The smallest absolute Gasteiger partial charge is 0.264 e. The maximum absolute atomic E-state index is 12.9. The molecule has 0 spiro atoms. The van der Waals surface area contributed by atoms with Crippen molar-refractivity contribution in [3.63, 3.8) is 0 Å². The van der Waals surface area contributed by atoms with Crippen molar-refractivity contribution in [2.45, 2.75) is 11.4 Å². The Morgan fingerprint density at radius 1 is 1.07 bits per heavy atom. The number of benzene rings is 2. The molecular formula is C20H18BrN3O4S. The minimum Gasteiger partial charge on any atom is -0.324 e. The number of anilines is 2. The molecule has 7 nitrogen and oxygen atoms in total. The fourth-order valence-corrected chi connectivity index (χ4v) is 4.27. The quantitative estimate of drug-likeness (QED) is 0.593. The monoisotopic (exact) mass is 475 g/mol. The van der Waals surface area contributed by atoms with Crippen molar-refractivity contribution in [2.75, 3.05) is 16.7 Å². The van der Waals surface area contributed by atoms with Crippen LogP contribution in [0.2, 0.25) is 0 Å². The van der Waals surface area contributed by atoms with Crippen molar-refractivity contribution in [3.8, 4) is 0 Å². The van der Waals surface area contributed by atoms with Crippen LogP contribution < -0.4 is 15.2 Å². The van der Waals surface area contributed by atoms with Gasteiger partial charge in [0, 0.05) is 29.5 Å². The maximum Gasteiger partial charge on any atom is 0.264 e. The van der Waals surface area contributed by atoms with Crippen molar-refractivity contribution >= 4 is 43.2 Å². The van der Waals surface area contributed by atoms with Crippen LogP contribution in [0.25, 0.3) is 0 Å². The van der Waals surface area contributed by atoms with E-state index in [1.54, 1.807) is 48.5 Å². The number of nitrogens with zero attached hydrogens (tertiary/aromatic N) is 2. The van der Waals surface area contributed by atoms with Gasteiger partial charge in [-0.2, -0.15) is 0 Å². The van der Waals surface area contributed by atoms with Crippen LogP contribution in [-0.4, -0.2) is 25.9 Å². The van der Waals surface area contributed by atoms with Gasteiger partial charge in [-0.15, -0.1) is 0 Å². The van der Waals surface area contributed by atoms with Gasteiger partial charge in [-0.05, 0) is 52.3 Å². The number of para-hydroxylation sites is 1. The van der Waals surface area contributed by atoms with E-state index in [0.717, 1.165) is 0 Å². The van der Waals surface area contributed by atoms with Crippen molar-refractivity contribution in [1.82, 2.24) is 4.57 Å². The molecular weight excluding hydrogens is 458 g/mol. The van der Waals surface area contributed by atoms with Gasteiger partial charge in [0.15, 0.2) is 0 Å². The van der Waals surface area contributed by atoms with Gasteiger partial charge in [0.25, 0.3) is 15.6 Å². The summed E-state index contributed by atoms with van der Waals surface area (Å²) in [7, 11) is -2.33. The molecule has 1 amide bonds. The first kappa shape index (κ1) is 20.8. The van der Waals surface area contributed by atoms with Gasteiger partial charge < -0.3 is 9.88 Å². The van der Waals surface area contributed by atoms with E-state index in [-0.39, 0.29) is 17.0 Å². The van der Waals surface area contributed by atoms with E-state index in [2.05, 4.69) is 21.2 Å². The summed E-state index contributed by atoms with van der Waals surface area (Å²) < 4.78 is 28.9. The molecule has 0 radical (unpaired) electrons. The summed E-state index contributed by atoms with van der Waals surface area (Å²) in [4.78, 5) is 24.2. The predicted molar refractivity (Wildman–Crippen MR) is 116 cm³/mol. The summed E-state index contributed by atoms with van der Waals surface area (Å²) >= 11 is 3.25.